The molecule has 0 saturated heterocycles. The van der Waals surface area contributed by atoms with Crippen LogP contribution in [0.1, 0.15) is 32.9 Å². The maximum Gasteiger partial charge on any atom is 0.435 e. The molecular weight excluding hydrogens is 397 g/mol. The normalized spacial score (nSPS) is 11.5. The van der Waals surface area contributed by atoms with Crippen LogP contribution in [-0.4, -0.2) is 29.8 Å². The molecule has 3 rings (SSSR count). The molecule has 6 nitrogen and oxygen atoms in total. The fourth-order valence-corrected chi connectivity index (χ4v) is 3.33. The van der Waals surface area contributed by atoms with Gasteiger partial charge in [0, 0.05) is 18.5 Å². The van der Waals surface area contributed by atoms with Crippen molar-refractivity contribution in [1.82, 2.24) is 15.1 Å². The number of alkyl halides is 3. The Morgan fingerprint density at radius 3 is 2.57 bits per heavy atom. The van der Waals surface area contributed by atoms with Crippen molar-refractivity contribution in [1.29, 1.82) is 0 Å². The number of carbonyl (C=O) groups excluding carboxylic acids is 1. The molecule has 0 fully saturated rings. The number of ether oxygens (including phenoxy) is 1. The summed E-state index contributed by atoms with van der Waals surface area (Å²) in [6.45, 7) is 0.501. The van der Waals surface area contributed by atoms with Crippen LogP contribution < -0.4 is 15.8 Å². The fraction of sp³-hybridized carbons (Fsp3) is 0.238. The van der Waals surface area contributed by atoms with Gasteiger partial charge in [0.2, 0.25) is 0 Å². The minimum absolute atomic E-state index is 0.215. The zero-order chi connectivity index (χ0) is 21.9. The zero-order valence-electron chi connectivity index (χ0n) is 16.5. The number of hydrogen-bond donors (Lipinski definition) is 2. The lowest BCUT2D eigenvalue weighted by molar-refractivity contribution is -0.141. The van der Waals surface area contributed by atoms with E-state index in [0.717, 1.165) is 10.2 Å². The fourth-order valence-electron chi connectivity index (χ4n) is 3.33. The second-order valence-electron chi connectivity index (χ2n) is 6.64. The third kappa shape index (κ3) is 4.30. The average Bonchev–Trinajstić information content (AvgIpc) is 3.09. The molecule has 0 unspecified atom stereocenters. The van der Waals surface area contributed by atoms with E-state index in [0.29, 0.717) is 23.5 Å². The number of nitrogens with one attached hydrogen (secondary N) is 1. The second kappa shape index (κ2) is 8.58. The maximum atomic E-state index is 13.8. The van der Waals surface area contributed by atoms with E-state index in [4.69, 9.17) is 10.5 Å². The van der Waals surface area contributed by atoms with Crippen LogP contribution in [-0.2, 0) is 19.1 Å². The Hall–Kier alpha value is -3.33. The molecule has 1 heterocycles. The Bertz CT molecular complexity index is 1060. The van der Waals surface area contributed by atoms with Gasteiger partial charge >= 0.3 is 6.18 Å². The number of primary amides is 1. The smallest absolute Gasteiger partial charge is 0.435 e. The molecule has 0 aliphatic heterocycles. The van der Waals surface area contributed by atoms with Crippen molar-refractivity contribution in [2.75, 3.05) is 14.2 Å². The quantitative estimate of drug-likeness (QED) is 0.617. The zero-order valence-corrected chi connectivity index (χ0v) is 16.5. The molecular formula is C21H21F3N4O2. The van der Waals surface area contributed by atoms with Crippen LogP contribution in [0.2, 0.25) is 0 Å². The van der Waals surface area contributed by atoms with Crippen molar-refractivity contribution in [3.8, 4) is 11.4 Å². The van der Waals surface area contributed by atoms with Crippen molar-refractivity contribution in [2.45, 2.75) is 19.1 Å². The Labute approximate surface area is 171 Å². The van der Waals surface area contributed by atoms with E-state index < -0.39 is 17.8 Å². The number of carbonyl (C=O) groups is 1. The van der Waals surface area contributed by atoms with Gasteiger partial charge in [-0.3, -0.25) is 4.79 Å². The third-order valence-electron chi connectivity index (χ3n) is 4.58. The average molecular weight is 418 g/mol. The SMILES string of the molecule is CNCc1cccc(-n2nc(C(F)(F)F)c(Cc3ccccc3OC)c2C(N)=O)c1. The molecule has 0 spiro atoms. The summed E-state index contributed by atoms with van der Waals surface area (Å²) in [5.41, 5.74) is 5.38. The maximum absolute atomic E-state index is 13.8. The highest BCUT2D eigenvalue weighted by Crippen LogP contribution is 2.36. The third-order valence-corrected chi connectivity index (χ3v) is 4.58. The Kier molecular flexibility index (Phi) is 6.12. The lowest BCUT2D eigenvalue weighted by Crippen LogP contribution is -2.19. The van der Waals surface area contributed by atoms with Gasteiger partial charge in [-0.25, -0.2) is 4.68 Å². The molecule has 3 N–H and O–H groups in total. The predicted octanol–water partition coefficient (Wildman–Crippen LogP) is 3.31. The molecule has 1 aromatic heterocycles. The van der Waals surface area contributed by atoms with Crippen LogP contribution in [0.3, 0.4) is 0 Å². The van der Waals surface area contributed by atoms with E-state index in [-0.39, 0.29) is 17.7 Å². The summed E-state index contributed by atoms with van der Waals surface area (Å²) in [7, 11) is 3.18. The lowest BCUT2D eigenvalue weighted by Gasteiger charge is -2.11. The lowest BCUT2D eigenvalue weighted by atomic mass is 10.0. The highest BCUT2D eigenvalue weighted by Gasteiger charge is 2.40. The van der Waals surface area contributed by atoms with E-state index in [1.165, 1.54) is 7.11 Å². The second-order valence-corrected chi connectivity index (χ2v) is 6.64. The molecule has 0 bridgehead atoms. The first-order chi connectivity index (χ1) is 14.3. The highest BCUT2D eigenvalue weighted by molar-refractivity contribution is 5.93. The summed E-state index contributed by atoms with van der Waals surface area (Å²) < 4.78 is 47.7. The molecule has 30 heavy (non-hydrogen) atoms. The summed E-state index contributed by atoms with van der Waals surface area (Å²) in [6, 6.07) is 13.4. The Morgan fingerprint density at radius 1 is 1.20 bits per heavy atom. The van der Waals surface area contributed by atoms with Crippen LogP contribution in [0.5, 0.6) is 5.75 Å². The van der Waals surface area contributed by atoms with Gasteiger partial charge in [0.15, 0.2) is 5.69 Å². The largest absolute Gasteiger partial charge is 0.496 e. The number of nitrogens with two attached hydrogens (primary N) is 1. The number of rotatable bonds is 7. The molecule has 9 heteroatoms. The van der Waals surface area contributed by atoms with Crippen LogP contribution >= 0.6 is 0 Å². The molecule has 2 aromatic carbocycles. The summed E-state index contributed by atoms with van der Waals surface area (Å²) in [5.74, 6) is -0.591. The summed E-state index contributed by atoms with van der Waals surface area (Å²) in [6.07, 6.45) is -4.98. The van der Waals surface area contributed by atoms with E-state index in [9.17, 15) is 18.0 Å². The van der Waals surface area contributed by atoms with Gasteiger partial charge in [-0.2, -0.15) is 18.3 Å². The van der Waals surface area contributed by atoms with Gasteiger partial charge in [0.1, 0.15) is 11.4 Å². The molecule has 3 aromatic rings. The Morgan fingerprint density at radius 2 is 1.93 bits per heavy atom. The molecule has 158 valence electrons. The molecule has 0 saturated carbocycles. The summed E-state index contributed by atoms with van der Waals surface area (Å²) >= 11 is 0. The van der Waals surface area contributed by atoms with E-state index in [1.54, 1.807) is 49.5 Å². The standard InChI is InChI=1S/C21H21F3N4O2/c1-26-12-13-6-5-8-15(10-13)28-18(20(25)29)16(19(27-28)21(22,23)24)11-14-7-3-4-9-17(14)30-2/h3-10,26H,11-12H2,1-2H3,(H2,25,29). The summed E-state index contributed by atoms with van der Waals surface area (Å²) in [5, 5.41) is 6.73. The first-order valence-electron chi connectivity index (χ1n) is 9.11. The number of hydrogen-bond acceptors (Lipinski definition) is 4. The van der Waals surface area contributed by atoms with Crippen LogP contribution in [0, 0.1) is 0 Å². The number of para-hydroxylation sites is 1. The Balaban J connectivity index is 2.23. The van der Waals surface area contributed by atoms with Crippen molar-refractivity contribution in [3.63, 3.8) is 0 Å². The minimum atomic E-state index is -4.77. The number of halogens is 3. The first kappa shape index (κ1) is 21.4. The van der Waals surface area contributed by atoms with Gasteiger partial charge in [0.05, 0.1) is 12.8 Å². The van der Waals surface area contributed by atoms with Crippen molar-refractivity contribution in [2.24, 2.45) is 5.73 Å². The predicted molar refractivity (Wildman–Crippen MR) is 106 cm³/mol. The van der Waals surface area contributed by atoms with Crippen LogP contribution in [0.4, 0.5) is 13.2 Å². The molecule has 0 atom stereocenters. The van der Waals surface area contributed by atoms with Gasteiger partial charge in [0.25, 0.3) is 5.91 Å². The monoisotopic (exact) mass is 418 g/mol. The van der Waals surface area contributed by atoms with Crippen LogP contribution in [0.15, 0.2) is 48.5 Å². The van der Waals surface area contributed by atoms with Gasteiger partial charge in [-0.1, -0.05) is 30.3 Å². The number of aromatic nitrogens is 2. The molecule has 1 amide bonds. The first-order valence-corrected chi connectivity index (χ1v) is 9.11. The van der Waals surface area contributed by atoms with Gasteiger partial charge in [-0.05, 0) is 36.4 Å². The van der Waals surface area contributed by atoms with Crippen molar-refractivity contribution < 1.29 is 22.7 Å². The van der Waals surface area contributed by atoms with E-state index >= 15 is 0 Å². The summed E-state index contributed by atoms with van der Waals surface area (Å²) in [4.78, 5) is 12.3. The number of amides is 1. The van der Waals surface area contributed by atoms with Gasteiger partial charge in [-0.15, -0.1) is 0 Å². The molecule has 0 aliphatic rings. The van der Waals surface area contributed by atoms with Crippen molar-refractivity contribution >= 4 is 5.91 Å². The molecule has 0 aliphatic carbocycles. The highest BCUT2D eigenvalue weighted by atomic mass is 19.4. The minimum Gasteiger partial charge on any atom is -0.496 e. The van der Waals surface area contributed by atoms with Crippen molar-refractivity contribution in [3.05, 3.63) is 76.6 Å². The number of nitrogens with zero attached hydrogens (tertiary/aromatic N) is 2. The van der Waals surface area contributed by atoms with E-state index in [1.807, 2.05) is 6.07 Å². The van der Waals surface area contributed by atoms with Gasteiger partial charge < -0.3 is 15.8 Å². The number of methoxy groups -OCH3 is 1. The van der Waals surface area contributed by atoms with Crippen LogP contribution in [0.25, 0.3) is 5.69 Å². The molecule has 0 radical (unpaired) electrons. The number of benzene rings is 2. The van der Waals surface area contributed by atoms with E-state index in [2.05, 4.69) is 10.4 Å². The topological polar surface area (TPSA) is 82.2 Å².